The smallest absolute Gasteiger partial charge is 0.165 e. The van der Waals surface area contributed by atoms with Gasteiger partial charge >= 0.3 is 0 Å². The van der Waals surface area contributed by atoms with Crippen LogP contribution in [0.5, 0.6) is 0 Å². The van der Waals surface area contributed by atoms with Crippen LogP contribution >= 0.6 is 11.1 Å². The molecule has 0 aliphatic carbocycles. The van der Waals surface area contributed by atoms with Crippen molar-refractivity contribution in [2.24, 2.45) is 0 Å². The van der Waals surface area contributed by atoms with Crippen molar-refractivity contribution in [1.29, 1.82) is 0 Å². The van der Waals surface area contributed by atoms with Gasteiger partial charge in [-0.2, -0.15) is 11.1 Å². The minimum atomic E-state index is 0.327. The summed E-state index contributed by atoms with van der Waals surface area (Å²) in [6.45, 7) is 0. The predicted octanol–water partition coefficient (Wildman–Crippen LogP) is 2.84. The lowest BCUT2D eigenvalue weighted by Crippen LogP contribution is -2.11. The standard InChI is InChI=1S/C12H9ClSi/c13-14-12-9-5-4-8-11(12)10-6-2-1-3-7-10/h1-9H. The van der Waals surface area contributed by atoms with Crippen molar-refractivity contribution in [1.82, 2.24) is 0 Å². The molecule has 0 nitrogen and oxygen atoms in total. The summed E-state index contributed by atoms with van der Waals surface area (Å²) in [6, 6.07) is 18.6. The zero-order valence-corrected chi connectivity index (χ0v) is 9.33. The predicted molar refractivity (Wildman–Crippen MR) is 63.1 cm³/mol. The minimum absolute atomic E-state index is 0.327. The SMILES string of the molecule is Cl[Si]c1ccccc1-c1ccccc1. The van der Waals surface area contributed by atoms with E-state index in [0.717, 1.165) is 0 Å². The molecule has 0 N–H and O–H groups in total. The molecule has 2 heteroatoms. The fourth-order valence-corrected chi connectivity index (χ4v) is 2.42. The Kier molecular flexibility index (Phi) is 3.02. The highest BCUT2D eigenvalue weighted by molar-refractivity contribution is 7.01. The van der Waals surface area contributed by atoms with Gasteiger partial charge < -0.3 is 0 Å². The maximum absolute atomic E-state index is 5.91. The van der Waals surface area contributed by atoms with Gasteiger partial charge in [-0.1, -0.05) is 54.6 Å². The van der Waals surface area contributed by atoms with E-state index in [0.29, 0.717) is 8.83 Å². The van der Waals surface area contributed by atoms with Gasteiger partial charge in [0.15, 0.2) is 0 Å². The molecule has 2 radical (unpaired) electrons. The monoisotopic (exact) mass is 216 g/mol. The highest BCUT2D eigenvalue weighted by Crippen LogP contribution is 2.16. The van der Waals surface area contributed by atoms with Crippen LogP contribution < -0.4 is 5.19 Å². The summed E-state index contributed by atoms with van der Waals surface area (Å²) in [5, 5.41) is 1.21. The number of rotatable bonds is 2. The average Bonchev–Trinajstić information content (AvgIpc) is 2.30. The highest BCUT2D eigenvalue weighted by atomic mass is 35.6. The number of hydrogen-bond donors (Lipinski definition) is 0. The molecule has 0 spiro atoms. The van der Waals surface area contributed by atoms with Crippen LogP contribution in [-0.4, -0.2) is 8.83 Å². The third kappa shape index (κ3) is 1.89. The van der Waals surface area contributed by atoms with Gasteiger partial charge in [0, 0.05) is 0 Å². The average molecular weight is 217 g/mol. The molecule has 2 aromatic carbocycles. The lowest BCUT2D eigenvalue weighted by Gasteiger charge is -2.05. The van der Waals surface area contributed by atoms with Crippen LogP contribution in [0.3, 0.4) is 0 Å². The Morgan fingerprint density at radius 1 is 0.786 bits per heavy atom. The molecule has 14 heavy (non-hydrogen) atoms. The molecule has 2 aromatic rings. The van der Waals surface area contributed by atoms with Crippen LogP contribution in [0.25, 0.3) is 11.1 Å². The van der Waals surface area contributed by atoms with Crippen LogP contribution in [0.4, 0.5) is 0 Å². The van der Waals surface area contributed by atoms with E-state index in [4.69, 9.17) is 11.1 Å². The molecular formula is C12H9ClSi. The molecule has 0 bridgehead atoms. The molecule has 0 heterocycles. The zero-order valence-electron chi connectivity index (χ0n) is 7.57. The summed E-state index contributed by atoms with van der Waals surface area (Å²) in [7, 11) is 0.327. The molecule has 0 atom stereocenters. The fourth-order valence-electron chi connectivity index (χ4n) is 1.43. The van der Waals surface area contributed by atoms with Crippen molar-refractivity contribution in [2.75, 3.05) is 0 Å². The van der Waals surface area contributed by atoms with Gasteiger partial charge in [0.05, 0.1) is 0 Å². The zero-order chi connectivity index (χ0) is 9.80. The molecular weight excluding hydrogens is 208 g/mol. The Bertz CT molecular complexity index is 412. The molecule has 0 amide bonds. The largest absolute Gasteiger partial charge is 0.211 e. The Hall–Kier alpha value is -1.05. The van der Waals surface area contributed by atoms with Crippen LogP contribution in [0, 0.1) is 0 Å². The van der Waals surface area contributed by atoms with E-state index in [1.807, 2.05) is 30.3 Å². The summed E-state index contributed by atoms with van der Waals surface area (Å²) in [5.41, 5.74) is 2.47. The molecule has 0 saturated heterocycles. The Balaban J connectivity index is 2.51. The highest BCUT2D eigenvalue weighted by Gasteiger charge is 2.02. The minimum Gasteiger partial charge on any atom is -0.165 e. The van der Waals surface area contributed by atoms with Crippen molar-refractivity contribution in [3.63, 3.8) is 0 Å². The molecule has 0 unspecified atom stereocenters. The summed E-state index contributed by atoms with van der Waals surface area (Å²) in [6.07, 6.45) is 0. The maximum Gasteiger partial charge on any atom is 0.211 e. The number of halogens is 1. The summed E-state index contributed by atoms with van der Waals surface area (Å²) >= 11 is 5.91. The second-order valence-corrected chi connectivity index (χ2v) is 4.30. The lowest BCUT2D eigenvalue weighted by molar-refractivity contribution is 1.65. The van der Waals surface area contributed by atoms with E-state index < -0.39 is 0 Å². The topological polar surface area (TPSA) is 0 Å². The van der Waals surface area contributed by atoms with Gasteiger partial charge in [-0.3, -0.25) is 0 Å². The second kappa shape index (κ2) is 4.44. The lowest BCUT2D eigenvalue weighted by atomic mass is 10.1. The third-order valence-electron chi connectivity index (χ3n) is 2.11. The van der Waals surface area contributed by atoms with Crippen molar-refractivity contribution in [3.8, 4) is 11.1 Å². The Morgan fingerprint density at radius 2 is 1.43 bits per heavy atom. The van der Waals surface area contributed by atoms with Gasteiger partial charge in [-0.25, -0.2) is 0 Å². The first-order chi connectivity index (χ1) is 6.92. The summed E-state index contributed by atoms with van der Waals surface area (Å²) in [4.78, 5) is 0. The van der Waals surface area contributed by atoms with E-state index in [2.05, 4.69) is 24.3 Å². The molecule has 68 valence electrons. The van der Waals surface area contributed by atoms with Gasteiger partial charge in [-0.15, -0.1) is 0 Å². The van der Waals surface area contributed by atoms with Gasteiger partial charge in [0.25, 0.3) is 0 Å². The van der Waals surface area contributed by atoms with Crippen molar-refractivity contribution < 1.29 is 0 Å². The first-order valence-corrected chi connectivity index (χ1v) is 6.44. The molecule has 0 aliphatic rings. The van der Waals surface area contributed by atoms with Gasteiger partial charge in [0.2, 0.25) is 8.83 Å². The quantitative estimate of drug-likeness (QED) is 0.535. The normalized spacial score (nSPS) is 10.1. The Morgan fingerprint density at radius 3 is 2.14 bits per heavy atom. The first-order valence-electron chi connectivity index (χ1n) is 4.43. The van der Waals surface area contributed by atoms with E-state index in [1.54, 1.807) is 0 Å². The summed E-state index contributed by atoms with van der Waals surface area (Å²) < 4.78 is 0. The Labute approximate surface area is 91.1 Å². The van der Waals surface area contributed by atoms with Crippen LogP contribution in [0.15, 0.2) is 54.6 Å². The van der Waals surface area contributed by atoms with Crippen molar-refractivity contribution in [3.05, 3.63) is 54.6 Å². The van der Waals surface area contributed by atoms with Crippen molar-refractivity contribution >= 4 is 25.1 Å². The molecule has 0 aliphatic heterocycles. The molecule has 2 rings (SSSR count). The first kappa shape index (κ1) is 9.50. The van der Waals surface area contributed by atoms with E-state index in [-0.39, 0.29) is 0 Å². The second-order valence-electron chi connectivity index (χ2n) is 3.01. The summed E-state index contributed by atoms with van der Waals surface area (Å²) in [5.74, 6) is 0. The van der Waals surface area contributed by atoms with Crippen LogP contribution in [0.1, 0.15) is 0 Å². The number of hydrogen-bond acceptors (Lipinski definition) is 0. The van der Waals surface area contributed by atoms with Gasteiger partial charge in [-0.05, 0) is 16.3 Å². The fraction of sp³-hybridized carbons (Fsp3) is 0. The van der Waals surface area contributed by atoms with E-state index in [1.165, 1.54) is 16.3 Å². The van der Waals surface area contributed by atoms with E-state index in [9.17, 15) is 0 Å². The molecule has 0 saturated carbocycles. The number of benzene rings is 2. The van der Waals surface area contributed by atoms with Gasteiger partial charge in [0.1, 0.15) is 0 Å². The van der Waals surface area contributed by atoms with Crippen LogP contribution in [0.2, 0.25) is 0 Å². The van der Waals surface area contributed by atoms with Crippen molar-refractivity contribution in [2.45, 2.75) is 0 Å². The van der Waals surface area contributed by atoms with Crippen LogP contribution in [-0.2, 0) is 0 Å². The van der Waals surface area contributed by atoms with E-state index >= 15 is 0 Å². The molecule has 0 fully saturated rings. The molecule has 0 aromatic heterocycles. The third-order valence-corrected chi connectivity index (χ3v) is 3.36. The maximum atomic E-state index is 5.91.